The van der Waals surface area contributed by atoms with Gasteiger partial charge in [0.2, 0.25) is 0 Å². The van der Waals surface area contributed by atoms with Crippen molar-refractivity contribution in [2.75, 3.05) is 0 Å². The predicted octanol–water partition coefficient (Wildman–Crippen LogP) is 1.24. The lowest BCUT2D eigenvalue weighted by Crippen LogP contribution is -2.55. The molecule has 6 N–H and O–H groups in total. The SMILES string of the molecule is CCCCC(N)(N)C(C)=O.O.c1ccccc1. The summed E-state index contributed by atoms with van der Waals surface area (Å²) in [6, 6.07) is 12.0. The minimum Gasteiger partial charge on any atom is -0.412 e. The Morgan fingerprint density at radius 2 is 1.41 bits per heavy atom. The quantitative estimate of drug-likeness (QED) is 0.774. The van der Waals surface area contributed by atoms with E-state index in [9.17, 15) is 4.79 Å². The maximum Gasteiger partial charge on any atom is 0.163 e. The molecule has 0 heterocycles. The first-order valence-electron chi connectivity index (χ1n) is 5.59. The van der Waals surface area contributed by atoms with Crippen LogP contribution in [0.3, 0.4) is 0 Å². The van der Waals surface area contributed by atoms with Crippen LogP contribution in [0.2, 0.25) is 0 Å². The van der Waals surface area contributed by atoms with E-state index < -0.39 is 5.66 Å². The van der Waals surface area contributed by atoms with Crippen LogP contribution in [0.25, 0.3) is 0 Å². The van der Waals surface area contributed by atoms with E-state index in [1.54, 1.807) is 0 Å². The van der Waals surface area contributed by atoms with Crippen LogP contribution < -0.4 is 11.5 Å². The maximum atomic E-state index is 10.7. The van der Waals surface area contributed by atoms with Gasteiger partial charge in [-0.1, -0.05) is 56.2 Å². The molecule has 0 aliphatic heterocycles. The van der Waals surface area contributed by atoms with Gasteiger partial charge < -0.3 is 16.9 Å². The van der Waals surface area contributed by atoms with E-state index in [1.165, 1.54) is 6.92 Å². The third-order valence-electron chi connectivity index (χ3n) is 2.27. The molecule has 0 saturated heterocycles. The van der Waals surface area contributed by atoms with E-state index in [0.29, 0.717) is 6.42 Å². The summed E-state index contributed by atoms with van der Waals surface area (Å²) < 4.78 is 0. The molecule has 0 aliphatic rings. The van der Waals surface area contributed by atoms with Crippen molar-refractivity contribution >= 4 is 5.78 Å². The van der Waals surface area contributed by atoms with Crippen molar-refractivity contribution in [3.8, 4) is 0 Å². The zero-order valence-corrected chi connectivity index (χ0v) is 10.6. The van der Waals surface area contributed by atoms with Crippen LogP contribution in [-0.2, 0) is 4.79 Å². The van der Waals surface area contributed by atoms with Crippen molar-refractivity contribution < 1.29 is 10.3 Å². The molecule has 0 unspecified atom stereocenters. The van der Waals surface area contributed by atoms with Crippen LogP contribution in [0.4, 0.5) is 0 Å². The molecule has 0 amide bonds. The van der Waals surface area contributed by atoms with Gasteiger partial charge in [-0.25, -0.2) is 0 Å². The van der Waals surface area contributed by atoms with Crippen LogP contribution >= 0.6 is 0 Å². The Bertz CT molecular complexity index is 260. The number of benzene rings is 1. The Morgan fingerprint density at radius 3 is 1.65 bits per heavy atom. The third kappa shape index (κ3) is 9.68. The fourth-order valence-corrected chi connectivity index (χ4v) is 1.03. The molecule has 1 rings (SSSR count). The molecule has 4 nitrogen and oxygen atoms in total. The Labute approximate surface area is 103 Å². The highest BCUT2D eigenvalue weighted by atomic mass is 16.1. The molecule has 0 atom stereocenters. The van der Waals surface area contributed by atoms with E-state index in [1.807, 2.05) is 43.3 Å². The van der Waals surface area contributed by atoms with Crippen LogP contribution in [0.1, 0.15) is 33.1 Å². The summed E-state index contributed by atoms with van der Waals surface area (Å²) in [6.07, 6.45) is 2.51. The van der Waals surface area contributed by atoms with E-state index in [-0.39, 0.29) is 11.3 Å². The van der Waals surface area contributed by atoms with Gasteiger partial charge in [0.05, 0.1) is 0 Å². The Kier molecular flexibility index (Phi) is 10.6. The van der Waals surface area contributed by atoms with Crippen LogP contribution in [-0.4, -0.2) is 16.9 Å². The summed E-state index contributed by atoms with van der Waals surface area (Å²) in [5, 5.41) is 0. The van der Waals surface area contributed by atoms with Gasteiger partial charge in [0.25, 0.3) is 0 Å². The minimum absolute atomic E-state index is 0. The summed E-state index contributed by atoms with van der Waals surface area (Å²) in [4.78, 5) is 10.7. The molecule has 0 spiro atoms. The molecule has 0 bridgehead atoms. The number of hydrogen-bond donors (Lipinski definition) is 2. The van der Waals surface area contributed by atoms with E-state index in [4.69, 9.17) is 11.5 Å². The monoisotopic (exact) mass is 240 g/mol. The average Bonchev–Trinajstić information content (AvgIpc) is 2.29. The summed E-state index contributed by atoms with van der Waals surface area (Å²) in [5.41, 5.74) is 9.86. The number of carbonyl (C=O) groups is 1. The van der Waals surface area contributed by atoms with Crippen molar-refractivity contribution in [2.24, 2.45) is 11.5 Å². The van der Waals surface area contributed by atoms with Crippen molar-refractivity contribution in [1.82, 2.24) is 0 Å². The summed E-state index contributed by atoms with van der Waals surface area (Å²) in [7, 11) is 0. The fourth-order valence-electron chi connectivity index (χ4n) is 1.03. The highest BCUT2D eigenvalue weighted by Crippen LogP contribution is 2.05. The lowest BCUT2D eigenvalue weighted by atomic mass is 10.0. The standard InChI is InChI=1S/C7H16N2O.C6H6.H2O/c1-3-4-5-7(8,9)6(2)10;1-2-4-6-5-3-1;/h3-5,8-9H2,1-2H3;1-6H;1H2. The fraction of sp³-hybridized carbons (Fsp3) is 0.462. The third-order valence-corrected chi connectivity index (χ3v) is 2.27. The van der Waals surface area contributed by atoms with E-state index >= 15 is 0 Å². The maximum absolute atomic E-state index is 10.7. The van der Waals surface area contributed by atoms with E-state index in [2.05, 4.69) is 0 Å². The Balaban J connectivity index is 0. The number of Topliss-reactive ketones (excluding diaryl/α,β-unsaturated/α-hetero) is 1. The van der Waals surface area contributed by atoms with Gasteiger partial charge in [-0.2, -0.15) is 0 Å². The van der Waals surface area contributed by atoms with Gasteiger partial charge in [0.15, 0.2) is 5.78 Å². The zero-order valence-electron chi connectivity index (χ0n) is 10.6. The summed E-state index contributed by atoms with van der Waals surface area (Å²) >= 11 is 0. The smallest absolute Gasteiger partial charge is 0.163 e. The number of carbonyl (C=O) groups excluding carboxylic acids is 1. The molecule has 0 aromatic heterocycles. The minimum atomic E-state index is -1.09. The average molecular weight is 240 g/mol. The van der Waals surface area contributed by atoms with Crippen molar-refractivity contribution in [1.29, 1.82) is 0 Å². The summed E-state index contributed by atoms with van der Waals surface area (Å²) in [6.45, 7) is 3.46. The van der Waals surface area contributed by atoms with Gasteiger partial charge in [-0.3, -0.25) is 4.79 Å². The highest BCUT2D eigenvalue weighted by Gasteiger charge is 2.23. The normalized spacial score (nSPS) is 9.65. The molecule has 0 radical (unpaired) electrons. The number of hydrogen-bond acceptors (Lipinski definition) is 3. The van der Waals surface area contributed by atoms with Crippen LogP contribution in [0, 0.1) is 0 Å². The second-order valence-electron chi connectivity index (χ2n) is 3.85. The molecular formula is C13H24N2O2. The Morgan fingerprint density at radius 1 is 1.06 bits per heavy atom. The molecule has 0 saturated carbocycles. The molecular weight excluding hydrogens is 216 g/mol. The Hall–Kier alpha value is -1.23. The first-order chi connectivity index (χ1) is 7.50. The molecule has 1 aromatic rings. The lowest BCUT2D eigenvalue weighted by Gasteiger charge is -2.19. The predicted molar refractivity (Wildman–Crippen MR) is 71.4 cm³/mol. The number of ketones is 1. The van der Waals surface area contributed by atoms with Gasteiger partial charge in [-0.05, 0) is 13.3 Å². The molecule has 4 heteroatoms. The number of unbranched alkanes of at least 4 members (excludes halogenated alkanes) is 1. The van der Waals surface area contributed by atoms with Crippen molar-refractivity contribution in [3.63, 3.8) is 0 Å². The molecule has 0 fully saturated rings. The molecule has 0 aliphatic carbocycles. The van der Waals surface area contributed by atoms with Gasteiger partial charge in [0.1, 0.15) is 5.66 Å². The first-order valence-corrected chi connectivity index (χ1v) is 5.59. The summed E-state index contributed by atoms with van der Waals surface area (Å²) in [5.74, 6) is -0.138. The van der Waals surface area contributed by atoms with Gasteiger partial charge in [-0.15, -0.1) is 0 Å². The van der Waals surface area contributed by atoms with Crippen LogP contribution in [0.5, 0.6) is 0 Å². The van der Waals surface area contributed by atoms with Crippen molar-refractivity contribution in [3.05, 3.63) is 36.4 Å². The van der Waals surface area contributed by atoms with Gasteiger partial charge in [0, 0.05) is 0 Å². The second kappa shape index (κ2) is 9.96. The number of nitrogens with two attached hydrogens (primary N) is 2. The van der Waals surface area contributed by atoms with Gasteiger partial charge >= 0.3 is 0 Å². The van der Waals surface area contributed by atoms with Crippen molar-refractivity contribution in [2.45, 2.75) is 38.8 Å². The molecule has 98 valence electrons. The first kappa shape index (κ1) is 18.1. The molecule has 1 aromatic carbocycles. The largest absolute Gasteiger partial charge is 0.412 e. The second-order valence-corrected chi connectivity index (χ2v) is 3.85. The number of rotatable bonds is 4. The highest BCUT2D eigenvalue weighted by molar-refractivity contribution is 5.84. The lowest BCUT2D eigenvalue weighted by molar-refractivity contribution is -0.122. The topological polar surface area (TPSA) is 101 Å². The molecule has 17 heavy (non-hydrogen) atoms. The zero-order chi connectivity index (χ0) is 12.4. The van der Waals surface area contributed by atoms with Crippen LogP contribution in [0.15, 0.2) is 36.4 Å². The van der Waals surface area contributed by atoms with E-state index in [0.717, 1.165) is 12.8 Å².